The molecule has 2 heterocycles. The lowest BCUT2D eigenvalue weighted by atomic mass is 10.0. The second kappa shape index (κ2) is 12.1. The fraction of sp³-hybridized carbons (Fsp3) is 0.333. The van der Waals surface area contributed by atoms with Crippen LogP contribution in [0.5, 0.6) is 11.5 Å². The van der Waals surface area contributed by atoms with E-state index in [1.807, 2.05) is 0 Å². The lowest BCUT2D eigenvalue weighted by molar-refractivity contribution is -0.131. The third-order valence-corrected chi connectivity index (χ3v) is 7.67. The molecule has 1 aliphatic carbocycles. The molecule has 2 fully saturated rings. The van der Waals surface area contributed by atoms with E-state index in [2.05, 4.69) is 32.9 Å². The van der Waals surface area contributed by atoms with Gasteiger partial charge in [-0.15, -0.1) is 0 Å². The van der Waals surface area contributed by atoms with E-state index in [-0.39, 0.29) is 29.3 Å². The van der Waals surface area contributed by atoms with E-state index in [1.54, 1.807) is 18.0 Å². The van der Waals surface area contributed by atoms with Crippen molar-refractivity contribution in [3.63, 3.8) is 0 Å². The molecule has 3 aromatic rings. The summed E-state index contributed by atoms with van der Waals surface area (Å²) < 4.78 is 33.9. The number of nitrogens with one attached hydrogen (secondary N) is 3. The van der Waals surface area contributed by atoms with Gasteiger partial charge in [-0.25, -0.2) is 18.6 Å². The van der Waals surface area contributed by atoms with Crippen molar-refractivity contribution in [2.24, 2.45) is 5.41 Å². The molecule has 4 amide bonds. The highest BCUT2D eigenvalue weighted by Gasteiger charge is 2.56. The molecule has 1 saturated carbocycles. The largest absolute Gasteiger partial charge is 0.457 e. The number of aromatic nitrogens is 1. The predicted octanol–water partition coefficient (Wildman–Crippen LogP) is 5.07. The van der Waals surface area contributed by atoms with Gasteiger partial charge in [0.05, 0.1) is 5.69 Å². The summed E-state index contributed by atoms with van der Waals surface area (Å²) in [6.45, 7) is 1.85. The van der Waals surface area contributed by atoms with Crippen LogP contribution in [0.1, 0.15) is 25.7 Å². The lowest BCUT2D eigenvalue weighted by Crippen LogP contribution is -2.46. The summed E-state index contributed by atoms with van der Waals surface area (Å²) in [4.78, 5) is 46.5. The summed E-state index contributed by atoms with van der Waals surface area (Å²) in [6, 6.07) is 12.1. The van der Waals surface area contributed by atoms with E-state index in [4.69, 9.17) is 4.74 Å². The Morgan fingerprint density at radius 1 is 0.929 bits per heavy atom. The van der Waals surface area contributed by atoms with Crippen molar-refractivity contribution in [2.75, 3.05) is 43.1 Å². The maximum atomic E-state index is 14.9. The van der Waals surface area contributed by atoms with Gasteiger partial charge in [-0.1, -0.05) is 0 Å². The standard InChI is InChI=1S/C30H32F2N6O4/c1-37-15-10-21(11-16-37)38(2)29(41)36-26-18-23(9-14-33-26)42-22-7-8-25(24(32)17-22)35-28(40)30(12-13-30)27(39)34-20-5-3-19(31)4-6-20/h3-9,14,17-18,21H,10-13,15-16H2,1-2H3,(H,34,39)(H,35,40)(H,33,36,41). The first-order valence-corrected chi connectivity index (χ1v) is 13.7. The highest BCUT2D eigenvalue weighted by atomic mass is 19.1. The van der Waals surface area contributed by atoms with E-state index in [0.717, 1.165) is 32.0 Å². The molecule has 5 rings (SSSR count). The number of carbonyl (C=O) groups is 3. The number of anilines is 3. The normalized spacial score (nSPS) is 16.3. The van der Waals surface area contributed by atoms with E-state index < -0.39 is 28.9 Å². The first-order chi connectivity index (χ1) is 20.1. The Labute approximate surface area is 242 Å². The monoisotopic (exact) mass is 578 g/mol. The third kappa shape index (κ3) is 6.65. The number of halogens is 2. The molecule has 2 aromatic carbocycles. The number of amides is 4. The number of likely N-dealkylation sites (tertiary alicyclic amines) is 1. The minimum Gasteiger partial charge on any atom is -0.457 e. The molecule has 1 aliphatic heterocycles. The van der Waals surface area contributed by atoms with Gasteiger partial charge in [0.2, 0.25) is 11.8 Å². The molecule has 1 aromatic heterocycles. The average Bonchev–Trinajstić information content (AvgIpc) is 3.78. The Hall–Kier alpha value is -4.58. The molecule has 1 saturated heterocycles. The number of urea groups is 1. The Morgan fingerprint density at radius 3 is 2.26 bits per heavy atom. The van der Waals surface area contributed by atoms with Crippen LogP contribution in [-0.2, 0) is 9.59 Å². The van der Waals surface area contributed by atoms with Crippen LogP contribution < -0.4 is 20.7 Å². The first kappa shape index (κ1) is 28.9. The number of benzene rings is 2. The van der Waals surface area contributed by atoms with Crippen LogP contribution in [0.4, 0.5) is 30.8 Å². The van der Waals surface area contributed by atoms with Crippen molar-refractivity contribution in [2.45, 2.75) is 31.7 Å². The van der Waals surface area contributed by atoms with Gasteiger partial charge >= 0.3 is 6.03 Å². The zero-order valence-corrected chi connectivity index (χ0v) is 23.3. The second-order valence-corrected chi connectivity index (χ2v) is 10.7. The molecular formula is C30H32F2N6O4. The van der Waals surface area contributed by atoms with Crippen LogP contribution in [0.2, 0.25) is 0 Å². The van der Waals surface area contributed by atoms with Crippen molar-refractivity contribution in [3.05, 3.63) is 72.4 Å². The number of pyridine rings is 1. The number of hydrogen-bond donors (Lipinski definition) is 3. The SMILES string of the molecule is CN1CCC(N(C)C(=O)Nc2cc(Oc3ccc(NC(=O)C4(C(=O)Nc5ccc(F)cc5)CC4)c(F)c3)ccn2)CC1. The van der Waals surface area contributed by atoms with E-state index in [0.29, 0.717) is 24.3 Å². The smallest absolute Gasteiger partial charge is 0.323 e. The summed E-state index contributed by atoms with van der Waals surface area (Å²) in [6.07, 6.45) is 3.87. The maximum absolute atomic E-state index is 14.9. The van der Waals surface area contributed by atoms with Crippen molar-refractivity contribution in [1.29, 1.82) is 0 Å². The summed E-state index contributed by atoms with van der Waals surface area (Å²) in [7, 11) is 3.82. The van der Waals surface area contributed by atoms with Crippen molar-refractivity contribution in [1.82, 2.24) is 14.8 Å². The van der Waals surface area contributed by atoms with Gasteiger partial charge < -0.3 is 25.2 Å². The van der Waals surface area contributed by atoms with Crippen LogP contribution in [0.25, 0.3) is 0 Å². The number of carbonyl (C=O) groups excluding carboxylic acids is 3. The fourth-order valence-electron chi connectivity index (χ4n) is 4.79. The van der Waals surface area contributed by atoms with Crippen LogP contribution in [0.15, 0.2) is 60.8 Å². The van der Waals surface area contributed by atoms with E-state index >= 15 is 0 Å². The summed E-state index contributed by atoms with van der Waals surface area (Å²) >= 11 is 0. The number of hydrogen-bond acceptors (Lipinski definition) is 6. The van der Waals surface area contributed by atoms with E-state index in [1.165, 1.54) is 48.7 Å². The quantitative estimate of drug-likeness (QED) is 0.322. The number of ether oxygens (including phenoxy) is 1. The van der Waals surface area contributed by atoms with Crippen molar-refractivity contribution in [3.8, 4) is 11.5 Å². The molecule has 10 nitrogen and oxygen atoms in total. The Bertz CT molecular complexity index is 1470. The minimum atomic E-state index is -1.32. The van der Waals surface area contributed by atoms with Crippen LogP contribution in [0, 0.1) is 17.0 Å². The molecule has 220 valence electrons. The van der Waals surface area contributed by atoms with Gasteiger partial charge in [0.25, 0.3) is 0 Å². The molecule has 0 radical (unpaired) electrons. The second-order valence-electron chi connectivity index (χ2n) is 10.7. The lowest BCUT2D eigenvalue weighted by Gasteiger charge is -2.34. The molecule has 2 aliphatic rings. The van der Waals surface area contributed by atoms with Gasteiger partial charge in [-0.2, -0.15) is 0 Å². The Morgan fingerprint density at radius 2 is 1.60 bits per heavy atom. The Balaban J connectivity index is 1.17. The highest BCUT2D eigenvalue weighted by molar-refractivity contribution is 6.16. The average molecular weight is 579 g/mol. The summed E-state index contributed by atoms with van der Waals surface area (Å²) in [5, 5.41) is 7.89. The number of piperidine rings is 1. The van der Waals surface area contributed by atoms with Crippen molar-refractivity contribution >= 4 is 35.0 Å². The molecule has 0 unspecified atom stereocenters. The Kier molecular flexibility index (Phi) is 8.34. The minimum absolute atomic E-state index is 0.104. The summed E-state index contributed by atoms with van der Waals surface area (Å²) in [5.74, 6) is -1.59. The predicted molar refractivity (Wildman–Crippen MR) is 153 cm³/mol. The first-order valence-electron chi connectivity index (χ1n) is 13.7. The maximum Gasteiger partial charge on any atom is 0.323 e. The van der Waals surface area contributed by atoms with E-state index in [9.17, 15) is 23.2 Å². The molecule has 0 spiro atoms. The van der Waals surface area contributed by atoms with Crippen LogP contribution >= 0.6 is 0 Å². The molecule has 0 bridgehead atoms. The van der Waals surface area contributed by atoms with Crippen molar-refractivity contribution < 1.29 is 27.9 Å². The molecule has 3 N–H and O–H groups in total. The van der Waals surface area contributed by atoms with Crippen LogP contribution in [-0.4, -0.2) is 65.9 Å². The zero-order chi connectivity index (χ0) is 29.9. The van der Waals surface area contributed by atoms with Gasteiger partial charge in [0.1, 0.15) is 34.4 Å². The molecular weight excluding hydrogens is 546 g/mol. The number of rotatable bonds is 8. The van der Waals surface area contributed by atoms with Gasteiger partial charge in [-0.05, 0) is 88.3 Å². The van der Waals surface area contributed by atoms with Gasteiger partial charge in [-0.3, -0.25) is 14.9 Å². The molecule has 12 heteroatoms. The van der Waals surface area contributed by atoms with Gasteiger partial charge in [0.15, 0.2) is 0 Å². The highest BCUT2D eigenvalue weighted by Crippen LogP contribution is 2.47. The molecule has 0 atom stereocenters. The zero-order valence-electron chi connectivity index (χ0n) is 23.3. The van der Waals surface area contributed by atoms with Gasteiger partial charge in [0, 0.05) is 37.1 Å². The van der Waals surface area contributed by atoms with Crippen LogP contribution in [0.3, 0.4) is 0 Å². The number of nitrogens with zero attached hydrogens (tertiary/aromatic N) is 3. The fourth-order valence-corrected chi connectivity index (χ4v) is 4.79. The third-order valence-electron chi connectivity index (χ3n) is 7.67. The summed E-state index contributed by atoms with van der Waals surface area (Å²) in [5.41, 5.74) is -1.07. The topological polar surface area (TPSA) is 116 Å². The molecule has 42 heavy (non-hydrogen) atoms.